The van der Waals surface area contributed by atoms with Crippen LogP contribution >= 0.6 is 11.6 Å². The maximum atomic E-state index is 15.0. The highest BCUT2D eigenvalue weighted by molar-refractivity contribution is 7.92. The minimum atomic E-state index is -4.51. The molecule has 0 radical (unpaired) electrons. The molecule has 0 bridgehead atoms. The second-order valence-electron chi connectivity index (χ2n) is 12.4. The third kappa shape index (κ3) is 8.91. The molecule has 0 spiro atoms. The van der Waals surface area contributed by atoms with Crippen LogP contribution in [-0.2, 0) is 32.6 Å². The first-order valence-corrected chi connectivity index (χ1v) is 18.7. The van der Waals surface area contributed by atoms with Crippen LogP contribution in [0.1, 0.15) is 36.8 Å². The standard InChI is InChI=1S/C39H44ClN3O8S/c1-48-30-18-20-35(49-2)33(23-30)43(52(46,47)31-19-21-36(50-3)37(24-31)51-4)26-38(44)42(25-28-14-8-11-17-32(28)40)34(22-27-12-6-5-7-13-27)39(45)41-29-15-9-10-16-29/h5-8,11-14,17-21,23-24,29,34H,9-10,15-16,22,25-26H2,1-4H3,(H,41,45)/t34-/m0/s1. The second kappa shape index (κ2) is 17.5. The van der Waals surface area contributed by atoms with Crippen LogP contribution in [-0.4, -0.2) is 72.2 Å². The molecular formula is C39H44ClN3O8S. The van der Waals surface area contributed by atoms with Gasteiger partial charge in [-0.15, -0.1) is 0 Å². The third-order valence-electron chi connectivity index (χ3n) is 9.15. The van der Waals surface area contributed by atoms with Crippen LogP contribution in [0.3, 0.4) is 0 Å². The number of amides is 2. The Morgan fingerprint density at radius 1 is 0.808 bits per heavy atom. The van der Waals surface area contributed by atoms with Gasteiger partial charge in [0.15, 0.2) is 11.5 Å². The largest absolute Gasteiger partial charge is 0.497 e. The van der Waals surface area contributed by atoms with E-state index in [0.717, 1.165) is 35.6 Å². The first-order valence-electron chi connectivity index (χ1n) is 16.9. The lowest BCUT2D eigenvalue weighted by molar-refractivity contribution is -0.140. The minimum Gasteiger partial charge on any atom is -0.497 e. The molecule has 1 fully saturated rings. The minimum absolute atomic E-state index is 0.0222. The van der Waals surface area contributed by atoms with Crippen molar-refractivity contribution in [3.63, 3.8) is 0 Å². The molecule has 52 heavy (non-hydrogen) atoms. The number of sulfonamides is 1. The summed E-state index contributed by atoms with van der Waals surface area (Å²) >= 11 is 6.64. The lowest BCUT2D eigenvalue weighted by Crippen LogP contribution is -2.54. The monoisotopic (exact) mass is 749 g/mol. The fourth-order valence-electron chi connectivity index (χ4n) is 6.34. The van der Waals surface area contributed by atoms with Crippen LogP contribution in [0.25, 0.3) is 0 Å². The predicted octanol–water partition coefficient (Wildman–Crippen LogP) is 6.27. The zero-order chi connectivity index (χ0) is 37.3. The van der Waals surface area contributed by atoms with E-state index in [0.29, 0.717) is 22.1 Å². The highest BCUT2D eigenvalue weighted by atomic mass is 35.5. The normalized spacial score (nSPS) is 13.6. The molecule has 1 aliphatic carbocycles. The number of hydrogen-bond donors (Lipinski definition) is 1. The average Bonchev–Trinajstić information content (AvgIpc) is 3.68. The zero-order valence-corrected chi connectivity index (χ0v) is 31.3. The summed E-state index contributed by atoms with van der Waals surface area (Å²) in [5.74, 6) is 0.0442. The SMILES string of the molecule is COc1ccc(OC)c(N(CC(=O)N(Cc2ccccc2Cl)[C@@H](Cc2ccccc2)C(=O)NC2CCCC2)S(=O)(=O)c2ccc(OC)c(OC)c2)c1. The maximum absolute atomic E-state index is 15.0. The van der Waals surface area contributed by atoms with Crippen LogP contribution in [0, 0.1) is 0 Å². The molecule has 0 heterocycles. The van der Waals surface area contributed by atoms with Gasteiger partial charge in [0.2, 0.25) is 11.8 Å². The number of carbonyl (C=O) groups excluding carboxylic acids is 2. The van der Waals surface area contributed by atoms with Gasteiger partial charge in [0.05, 0.1) is 39.0 Å². The fraction of sp³-hybridized carbons (Fsp3) is 0.333. The van der Waals surface area contributed by atoms with Gasteiger partial charge in [-0.05, 0) is 54.3 Å². The molecule has 0 saturated heterocycles. The highest BCUT2D eigenvalue weighted by Crippen LogP contribution is 2.38. The van der Waals surface area contributed by atoms with E-state index in [1.165, 1.54) is 57.6 Å². The van der Waals surface area contributed by atoms with Crippen LogP contribution in [0.15, 0.2) is 95.9 Å². The average molecular weight is 750 g/mol. The maximum Gasteiger partial charge on any atom is 0.265 e. The Bertz CT molecular complexity index is 1950. The van der Waals surface area contributed by atoms with Crippen molar-refractivity contribution >= 4 is 39.1 Å². The van der Waals surface area contributed by atoms with Crippen molar-refractivity contribution in [3.05, 3.63) is 107 Å². The molecule has 1 N–H and O–H groups in total. The van der Waals surface area contributed by atoms with E-state index in [2.05, 4.69) is 5.32 Å². The Morgan fingerprint density at radius 3 is 2.12 bits per heavy atom. The quantitative estimate of drug-likeness (QED) is 0.142. The summed E-state index contributed by atoms with van der Waals surface area (Å²) < 4.78 is 52.3. The molecule has 11 nitrogen and oxygen atoms in total. The van der Waals surface area contributed by atoms with Gasteiger partial charge in [-0.2, -0.15) is 0 Å². The number of methoxy groups -OCH3 is 4. The van der Waals surface area contributed by atoms with E-state index >= 15 is 0 Å². The van der Waals surface area contributed by atoms with E-state index in [1.807, 2.05) is 30.3 Å². The van der Waals surface area contributed by atoms with E-state index in [-0.39, 0.29) is 47.0 Å². The van der Waals surface area contributed by atoms with Gasteiger partial charge in [0, 0.05) is 36.2 Å². The number of hydrogen-bond acceptors (Lipinski definition) is 8. The number of nitrogens with zero attached hydrogens (tertiary/aromatic N) is 2. The van der Waals surface area contributed by atoms with E-state index < -0.39 is 28.5 Å². The molecule has 4 aromatic carbocycles. The summed E-state index contributed by atoms with van der Waals surface area (Å²) in [6.45, 7) is -0.764. The molecule has 13 heteroatoms. The molecule has 276 valence electrons. The lowest BCUT2D eigenvalue weighted by Gasteiger charge is -2.34. The molecule has 0 aliphatic heterocycles. The Balaban J connectivity index is 1.65. The van der Waals surface area contributed by atoms with Crippen molar-refractivity contribution in [1.82, 2.24) is 10.2 Å². The number of halogens is 1. The van der Waals surface area contributed by atoms with Crippen molar-refractivity contribution in [1.29, 1.82) is 0 Å². The van der Waals surface area contributed by atoms with Gasteiger partial charge in [0.25, 0.3) is 10.0 Å². The first kappa shape index (κ1) is 38.3. The number of anilines is 1. The number of ether oxygens (including phenoxy) is 4. The summed E-state index contributed by atoms with van der Waals surface area (Å²) in [4.78, 5) is 30.5. The molecule has 1 saturated carbocycles. The predicted molar refractivity (Wildman–Crippen MR) is 200 cm³/mol. The van der Waals surface area contributed by atoms with Gasteiger partial charge >= 0.3 is 0 Å². The third-order valence-corrected chi connectivity index (χ3v) is 11.3. The number of carbonyl (C=O) groups is 2. The van der Waals surface area contributed by atoms with E-state index in [4.69, 9.17) is 30.5 Å². The van der Waals surface area contributed by atoms with Crippen molar-refractivity contribution in [2.45, 2.75) is 55.6 Å². The van der Waals surface area contributed by atoms with Crippen molar-refractivity contribution in [3.8, 4) is 23.0 Å². The number of nitrogens with one attached hydrogen (secondary N) is 1. The molecule has 2 amide bonds. The molecule has 0 unspecified atom stereocenters. The summed E-state index contributed by atoms with van der Waals surface area (Å²) in [6.07, 6.45) is 3.87. The van der Waals surface area contributed by atoms with Gasteiger partial charge in [-0.3, -0.25) is 13.9 Å². The molecule has 1 atom stereocenters. The van der Waals surface area contributed by atoms with Gasteiger partial charge in [-0.25, -0.2) is 8.42 Å². The smallest absolute Gasteiger partial charge is 0.265 e. The van der Waals surface area contributed by atoms with E-state index in [9.17, 15) is 18.0 Å². The number of benzene rings is 4. The second-order valence-corrected chi connectivity index (χ2v) is 14.6. The van der Waals surface area contributed by atoms with Crippen molar-refractivity contribution in [2.24, 2.45) is 0 Å². The number of rotatable bonds is 16. The van der Waals surface area contributed by atoms with Crippen LogP contribution in [0.5, 0.6) is 23.0 Å². The van der Waals surface area contributed by atoms with Crippen LogP contribution in [0.2, 0.25) is 5.02 Å². The fourth-order valence-corrected chi connectivity index (χ4v) is 7.97. The molecule has 4 aromatic rings. The Morgan fingerprint density at radius 2 is 1.46 bits per heavy atom. The molecular weight excluding hydrogens is 706 g/mol. The highest BCUT2D eigenvalue weighted by Gasteiger charge is 2.37. The summed E-state index contributed by atoms with van der Waals surface area (Å²) in [6, 6.07) is 24.3. The lowest BCUT2D eigenvalue weighted by atomic mass is 10.0. The molecule has 1 aliphatic rings. The van der Waals surface area contributed by atoms with Gasteiger partial charge in [0.1, 0.15) is 24.1 Å². The van der Waals surface area contributed by atoms with Crippen LogP contribution in [0.4, 0.5) is 5.69 Å². The van der Waals surface area contributed by atoms with Crippen molar-refractivity contribution in [2.75, 3.05) is 39.3 Å². The summed E-state index contributed by atoms with van der Waals surface area (Å²) in [7, 11) is 1.18. The van der Waals surface area contributed by atoms with Gasteiger partial charge < -0.3 is 29.2 Å². The molecule has 0 aromatic heterocycles. The Kier molecular flexibility index (Phi) is 12.9. The Hall–Kier alpha value is -4.94. The first-order chi connectivity index (χ1) is 25.1. The topological polar surface area (TPSA) is 124 Å². The summed E-state index contributed by atoms with van der Waals surface area (Å²) in [5.41, 5.74) is 1.48. The van der Waals surface area contributed by atoms with Crippen molar-refractivity contribution < 1.29 is 37.0 Å². The van der Waals surface area contributed by atoms with Gasteiger partial charge in [-0.1, -0.05) is 73.0 Å². The van der Waals surface area contributed by atoms with E-state index in [1.54, 1.807) is 36.4 Å². The Labute approximate surface area is 310 Å². The summed E-state index contributed by atoms with van der Waals surface area (Å²) in [5, 5.41) is 3.57. The molecule has 5 rings (SSSR count). The zero-order valence-electron chi connectivity index (χ0n) is 29.7. The van der Waals surface area contributed by atoms with Crippen LogP contribution < -0.4 is 28.6 Å².